The Morgan fingerprint density at radius 3 is 2.52 bits per heavy atom. The van der Waals surface area contributed by atoms with E-state index in [2.05, 4.69) is 0 Å². The summed E-state index contributed by atoms with van der Waals surface area (Å²) in [6.07, 6.45) is 0.218. The third kappa shape index (κ3) is 2.15. The molecule has 7 heteroatoms. The van der Waals surface area contributed by atoms with E-state index in [-0.39, 0.29) is 31.9 Å². The molecule has 128 valence electrons. The second-order valence-corrected chi connectivity index (χ2v) is 5.93. The molecule has 0 radical (unpaired) electrons. The highest BCUT2D eigenvalue weighted by Gasteiger charge is 2.33. The van der Waals surface area contributed by atoms with Crippen LogP contribution < -0.4 is 28.4 Å². The Balaban J connectivity index is 1.65. The Bertz CT molecular complexity index is 889. The van der Waals surface area contributed by atoms with Gasteiger partial charge < -0.3 is 28.4 Å². The Kier molecular flexibility index (Phi) is 2.97. The second-order valence-electron chi connectivity index (χ2n) is 5.93. The molecule has 2 aromatic carbocycles. The van der Waals surface area contributed by atoms with Gasteiger partial charge in [0, 0.05) is 17.5 Å². The minimum atomic E-state index is -0.298. The Morgan fingerprint density at radius 2 is 1.68 bits per heavy atom. The lowest BCUT2D eigenvalue weighted by Crippen LogP contribution is -2.21. The SMILES string of the molecule is COc1cc([C@@H]2CC(=O)Oc3cc4c(cc32)OCO4)cc2c1OCO2. The summed E-state index contributed by atoms with van der Waals surface area (Å²) in [5.41, 5.74) is 1.75. The fraction of sp³-hybridized carbons (Fsp3) is 0.278. The molecule has 0 fully saturated rings. The average Bonchev–Trinajstić information content (AvgIpc) is 3.26. The Morgan fingerprint density at radius 1 is 0.920 bits per heavy atom. The van der Waals surface area contributed by atoms with Crippen LogP contribution in [0.2, 0.25) is 0 Å². The van der Waals surface area contributed by atoms with Crippen molar-refractivity contribution in [3.63, 3.8) is 0 Å². The van der Waals surface area contributed by atoms with Gasteiger partial charge in [-0.1, -0.05) is 0 Å². The molecule has 0 saturated heterocycles. The van der Waals surface area contributed by atoms with Crippen molar-refractivity contribution in [1.82, 2.24) is 0 Å². The highest BCUT2D eigenvalue weighted by Crippen LogP contribution is 2.49. The van der Waals surface area contributed by atoms with Gasteiger partial charge in [-0.3, -0.25) is 4.79 Å². The van der Waals surface area contributed by atoms with Gasteiger partial charge in [0.15, 0.2) is 23.0 Å². The van der Waals surface area contributed by atoms with E-state index in [0.29, 0.717) is 34.5 Å². The molecule has 5 rings (SSSR count). The van der Waals surface area contributed by atoms with E-state index < -0.39 is 0 Å². The maximum atomic E-state index is 12.1. The summed E-state index contributed by atoms with van der Waals surface area (Å²) < 4.78 is 32.6. The van der Waals surface area contributed by atoms with Crippen molar-refractivity contribution in [2.75, 3.05) is 20.7 Å². The molecular formula is C18H14O7. The second kappa shape index (κ2) is 5.20. The van der Waals surface area contributed by atoms with Gasteiger partial charge in [-0.2, -0.15) is 0 Å². The van der Waals surface area contributed by atoms with Crippen LogP contribution >= 0.6 is 0 Å². The molecule has 1 atom stereocenters. The van der Waals surface area contributed by atoms with Crippen molar-refractivity contribution < 1.29 is 33.2 Å². The number of hydrogen-bond donors (Lipinski definition) is 0. The molecule has 3 aliphatic rings. The van der Waals surface area contributed by atoms with Crippen LogP contribution in [0.3, 0.4) is 0 Å². The first-order valence-electron chi connectivity index (χ1n) is 7.84. The van der Waals surface area contributed by atoms with Crippen LogP contribution in [0.4, 0.5) is 0 Å². The number of ether oxygens (including phenoxy) is 6. The zero-order valence-electron chi connectivity index (χ0n) is 13.4. The summed E-state index contributed by atoms with van der Waals surface area (Å²) in [4.78, 5) is 12.1. The topological polar surface area (TPSA) is 72.5 Å². The van der Waals surface area contributed by atoms with Crippen molar-refractivity contribution in [1.29, 1.82) is 0 Å². The Hall–Kier alpha value is -3.09. The van der Waals surface area contributed by atoms with Crippen LogP contribution in [-0.2, 0) is 4.79 Å². The smallest absolute Gasteiger partial charge is 0.312 e. The first-order valence-corrected chi connectivity index (χ1v) is 7.84. The summed E-state index contributed by atoms with van der Waals surface area (Å²) in [7, 11) is 1.57. The summed E-state index contributed by atoms with van der Waals surface area (Å²) in [6.45, 7) is 0.311. The van der Waals surface area contributed by atoms with Gasteiger partial charge in [-0.15, -0.1) is 0 Å². The third-order valence-electron chi connectivity index (χ3n) is 4.56. The predicted molar refractivity (Wildman–Crippen MR) is 83.8 cm³/mol. The summed E-state index contributed by atoms with van der Waals surface area (Å²) in [6, 6.07) is 7.31. The van der Waals surface area contributed by atoms with E-state index in [1.165, 1.54) is 0 Å². The molecule has 0 amide bonds. The van der Waals surface area contributed by atoms with Gasteiger partial charge in [0.2, 0.25) is 19.3 Å². The van der Waals surface area contributed by atoms with Gasteiger partial charge in [0.1, 0.15) is 5.75 Å². The van der Waals surface area contributed by atoms with Crippen LogP contribution in [-0.4, -0.2) is 26.7 Å². The highest BCUT2D eigenvalue weighted by molar-refractivity contribution is 5.79. The number of carbonyl (C=O) groups is 1. The lowest BCUT2D eigenvalue weighted by molar-refractivity contribution is -0.135. The van der Waals surface area contributed by atoms with Crippen molar-refractivity contribution >= 4 is 5.97 Å². The van der Waals surface area contributed by atoms with Crippen LogP contribution in [0.15, 0.2) is 24.3 Å². The predicted octanol–water partition coefficient (Wildman–Crippen LogP) is 2.59. The number of carbonyl (C=O) groups excluding carboxylic acids is 1. The molecule has 2 aromatic rings. The third-order valence-corrected chi connectivity index (χ3v) is 4.56. The summed E-state index contributed by atoms with van der Waals surface area (Å²) >= 11 is 0. The number of methoxy groups -OCH3 is 1. The van der Waals surface area contributed by atoms with E-state index in [1.54, 1.807) is 13.2 Å². The van der Waals surface area contributed by atoms with E-state index in [1.807, 2.05) is 18.2 Å². The molecule has 0 aliphatic carbocycles. The lowest BCUT2D eigenvalue weighted by atomic mass is 9.86. The zero-order valence-corrected chi connectivity index (χ0v) is 13.4. The van der Waals surface area contributed by atoms with Crippen LogP contribution in [0.1, 0.15) is 23.5 Å². The molecule has 25 heavy (non-hydrogen) atoms. The van der Waals surface area contributed by atoms with E-state index in [9.17, 15) is 4.79 Å². The summed E-state index contributed by atoms with van der Waals surface area (Å²) in [5, 5.41) is 0. The fourth-order valence-corrected chi connectivity index (χ4v) is 3.39. The molecule has 0 saturated carbocycles. The minimum Gasteiger partial charge on any atom is -0.493 e. The van der Waals surface area contributed by atoms with Gasteiger partial charge in [-0.05, 0) is 23.8 Å². The van der Waals surface area contributed by atoms with Crippen molar-refractivity contribution in [2.45, 2.75) is 12.3 Å². The molecular weight excluding hydrogens is 328 g/mol. The molecule has 7 nitrogen and oxygen atoms in total. The standard InChI is InChI=1S/C18H14O7/c1-20-15-2-9(3-16-18(15)24-8-23-16)10-5-17(19)25-12-6-14-13(4-11(10)12)21-7-22-14/h2-4,6,10H,5,7-8H2,1H3/t10-/m0/s1. The van der Waals surface area contributed by atoms with Crippen molar-refractivity contribution in [3.8, 4) is 34.5 Å². The van der Waals surface area contributed by atoms with E-state index in [4.69, 9.17) is 28.4 Å². The van der Waals surface area contributed by atoms with Crippen molar-refractivity contribution in [3.05, 3.63) is 35.4 Å². The van der Waals surface area contributed by atoms with Crippen molar-refractivity contribution in [2.24, 2.45) is 0 Å². The average molecular weight is 342 g/mol. The monoisotopic (exact) mass is 342 g/mol. The maximum Gasteiger partial charge on any atom is 0.312 e. The highest BCUT2D eigenvalue weighted by atomic mass is 16.7. The molecule has 0 N–H and O–H groups in total. The fourth-order valence-electron chi connectivity index (χ4n) is 3.39. The van der Waals surface area contributed by atoms with Gasteiger partial charge >= 0.3 is 5.97 Å². The molecule has 0 aromatic heterocycles. The zero-order chi connectivity index (χ0) is 17.0. The van der Waals surface area contributed by atoms with E-state index in [0.717, 1.165) is 11.1 Å². The quantitative estimate of drug-likeness (QED) is 0.613. The normalized spacial score (nSPS) is 19.4. The largest absolute Gasteiger partial charge is 0.493 e. The van der Waals surface area contributed by atoms with Gasteiger partial charge in [0.05, 0.1) is 13.5 Å². The molecule has 0 spiro atoms. The molecule has 0 bridgehead atoms. The minimum absolute atomic E-state index is 0.150. The van der Waals surface area contributed by atoms with Crippen LogP contribution in [0.5, 0.6) is 34.5 Å². The van der Waals surface area contributed by atoms with Gasteiger partial charge in [-0.25, -0.2) is 0 Å². The first kappa shape index (κ1) is 14.3. The molecule has 3 heterocycles. The van der Waals surface area contributed by atoms with Crippen LogP contribution in [0.25, 0.3) is 0 Å². The molecule has 0 unspecified atom stereocenters. The molecule has 3 aliphatic heterocycles. The van der Waals surface area contributed by atoms with E-state index >= 15 is 0 Å². The number of hydrogen-bond acceptors (Lipinski definition) is 7. The van der Waals surface area contributed by atoms with Gasteiger partial charge in [0.25, 0.3) is 0 Å². The number of benzene rings is 2. The first-order chi connectivity index (χ1) is 12.2. The Labute approximate surface area is 143 Å². The lowest BCUT2D eigenvalue weighted by Gasteiger charge is -2.25. The number of esters is 1. The number of rotatable bonds is 2. The maximum absolute atomic E-state index is 12.1. The number of fused-ring (bicyclic) bond motifs is 3. The summed E-state index contributed by atoms with van der Waals surface area (Å²) in [5.74, 6) is 2.98. The van der Waals surface area contributed by atoms with Crippen LogP contribution in [0, 0.1) is 0 Å².